The monoisotopic (exact) mass is 298 g/mol. The van der Waals surface area contributed by atoms with Crippen LogP contribution < -0.4 is 0 Å². The highest BCUT2D eigenvalue weighted by Gasteiger charge is 2.37. The Morgan fingerprint density at radius 3 is 2.71 bits per heavy atom. The van der Waals surface area contributed by atoms with Crippen molar-refractivity contribution >= 4 is 23.1 Å². The molecule has 2 aromatic rings. The molecule has 0 aliphatic carbocycles. The number of benzene rings is 1. The third-order valence-electron chi connectivity index (χ3n) is 3.85. The van der Waals surface area contributed by atoms with Crippen molar-refractivity contribution in [2.75, 3.05) is 0 Å². The standard InChI is InChI=1S/C16H15ClN4/c1-9(2)15-11(7-18)14(10-5-3-4-6-13(10)17)12-8-19-21-16(12)20-15/h3-6,8-9,11,14H,1-2H3,(H,19,21). The number of rotatable bonds is 2. The Hall–Kier alpha value is -2.12. The largest absolute Gasteiger partial charge is 0.261 e. The van der Waals surface area contributed by atoms with Crippen LogP contribution in [-0.2, 0) is 0 Å². The van der Waals surface area contributed by atoms with Crippen LogP contribution in [-0.4, -0.2) is 15.9 Å². The van der Waals surface area contributed by atoms with E-state index in [0.717, 1.165) is 22.7 Å². The molecule has 106 valence electrons. The summed E-state index contributed by atoms with van der Waals surface area (Å²) in [5.41, 5.74) is 2.75. The van der Waals surface area contributed by atoms with Crippen molar-refractivity contribution in [3.05, 3.63) is 46.6 Å². The van der Waals surface area contributed by atoms with E-state index >= 15 is 0 Å². The first kappa shape index (κ1) is 13.8. The van der Waals surface area contributed by atoms with E-state index in [0.29, 0.717) is 5.02 Å². The normalized spacial score (nSPS) is 20.8. The molecule has 2 unspecified atom stereocenters. The number of nitrogens with one attached hydrogen (secondary N) is 1. The van der Waals surface area contributed by atoms with Crippen molar-refractivity contribution < 1.29 is 0 Å². The number of halogens is 1. The second kappa shape index (κ2) is 5.34. The zero-order chi connectivity index (χ0) is 15.0. The summed E-state index contributed by atoms with van der Waals surface area (Å²) in [5, 5.41) is 17.4. The van der Waals surface area contributed by atoms with Crippen LogP contribution in [0.15, 0.2) is 35.5 Å². The minimum Gasteiger partial charge on any atom is -0.261 e. The summed E-state index contributed by atoms with van der Waals surface area (Å²) in [6.45, 7) is 4.10. The molecule has 1 aromatic carbocycles. The predicted octanol–water partition coefficient (Wildman–Crippen LogP) is 4.08. The second-order valence-electron chi connectivity index (χ2n) is 5.47. The van der Waals surface area contributed by atoms with Gasteiger partial charge in [-0.15, -0.1) is 0 Å². The number of aromatic nitrogens is 2. The van der Waals surface area contributed by atoms with E-state index in [9.17, 15) is 5.26 Å². The second-order valence-corrected chi connectivity index (χ2v) is 5.88. The first-order valence-electron chi connectivity index (χ1n) is 6.89. The van der Waals surface area contributed by atoms with E-state index in [2.05, 4.69) is 21.3 Å². The number of hydrogen-bond acceptors (Lipinski definition) is 3. The Kier molecular flexibility index (Phi) is 3.52. The van der Waals surface area contributed by atoms with Gasteiger partial charge < -0.3 is 0 Å². The highest BCUT2D eigenvalue weighted by atomic mass is 35.5. The highest BCUT2D eigenvalue weighted by molar-refractivity contribution is 6.31. The topological polar surface area (TPSA) is 64.8 Å². The lowest BCUT2D eigenvalue weighted by Gasteiger charge is -2.29. The summed E-state index contributed by atoms with van der Waals surface area (Å²) >= 11 is 6.36. The van der Waals surface area contributed by atoms with Crippen molar-refractivity contribution in [1.82, 2.24) is 10.2 Å². The average Bonchev–Trinajstić information content (AvgIpc) is 2.94. The number of aromatic amines is 1. The fraction of sp³-hybridized carbons (Fsp3) is 0.312. The van der Waals surface area contributed by atoms with Crippen LogP contribution in [0.5, 0.6) is 0 Å². The Bertz CT molecular complexity index is 739. The summed E-state index contributed by atoms with van der Waals surface area (Å²) in [5.74, 6) is 0.466. The Balaban J connectivity index is 2.22. The smallest absolute Gasteiger partial charge is 0.151 e. The van der Waals surface area contributed by atoms with Gasteiger partial charge in [-0.3, -0.25) is 5.10 Å². The van der Waals surface area contributed by atoms with Gasteiger partial charge in [-0.05, 0) is 17.5 Å². The molecule has 0 fully saturated rings. The van der Waals surface area contributed by atoms with E-state index < -0.39 is 0 Å². The van der Waals surface area contributed by atoms with Crippen LogP contribution in [0.3, 0.4) is 0 Å². The molecule has 2 atom stereocenters. The molecule has 4 nitrogen and oxygen atoms in total. The Labute approximate surface area is 128 Å². The SMILES string of the molecule is CC(C)C1=Nc2[nH]ncc2C(c2ccccc2Cl)C1C#N. The van der Waals surface area contributed by atoms with E-state index in [-0.39, 0.29) is 17.8 Å². The fourth-order valence-electron chi connectivity index (χ4n) is 2.86. The molecule has 2 heterocycles. The molecule has 0 saturated carbocycles. The predicted molar refractivity (Wildman–Crippen MR) is 82.9 cm³/mol. The van der Waals surface area contributed by atoms with Crippen LogP contribution in [0.25, 0.3) is 0 Å². The molecule has 5 heteroatoms. The maximum atomic E-state index is 9.69. The summed E-state index contributed by atoms with van der Waals surface area (Å²) < 4.78 is 0. The van der Waals surface area contributed by atoms with E-state index in [1.807, 2.05) is 38.1 Å². The molecular weight excluding hydrogens is 284 g/mol. The first-order chi connectivity index (χ1) is 10.1. The number of H-pyrrole nitrogens is 1. The minimum absolute atomic E-state index is 0.132. The Morgan fingerprint density at radius 1 is 1.29 bits per heavy atom. The van der Waals surface area contributed by atoms with Crippen molar-refractivity contribution in [1.29, 1.82) is 5.26 Å². The molecule has 0 radical (unpaired) electrons. The zero-order valence-electron chi connectivity index (χ0n) is 11.8. The number of nitrogens with zero attached hydrogens (tertiary/aromatic N) is 3. The third kappa shape index (κ3) is 2.24. The van der Waals surface area contributed by atoms with Crippen LogP contribution >= 0.6 is 11.6 Å². The zero-order valence-corrected chi connectivity index (χ0v) is 12.6. The molecule has 1 aliphatic heterocycles. The summed E-state index contributed by atoms with van der Waals surface area (Å²) in [6, 6.07) is 10.1. The van der Waals surface area contributed by atoms with E-state index in [1.54, 1.807) is 6.20 Å². The van der Waals surface area contributed by atoms with Crippen LogP contribution in [0.4, 0.5) is 5.82 Å². The lowest BCUT2D eigenvalue weighted by atomic mass is 9.75. The van der Waals surface area contributed by atoms with Gasteiger partial charge in [-0.25, -0.2) is 4.99 Å². The van der Waals surface area contributed by atoms with Gasteiger partial charge >= 0.3 is 0 Å². The minimum atomic E-state index is -0.324. The van der Waals surface area contributed by atoms with Gasteiger partial charge in [-0.1, -0.05) is 43.6 Å². The van der Waals surface area contributed by atoms with Crippen LogP contribution in [0.1, 0.15) is 30.9 Å². The van der Waals surface area contributed by atoms with Gasteiger partial charge in [0.25, 0.3) is 0 Å². The molecule has 1 aliphatic rings. The number of hydrogen-bond donors (Lipinski definition) is 1. The number of fused-ring (bicyclic) bond motifs is 1. The molecule has 1 N–H and O–H groups in total. The quantitative estimate of drug-likeness (QED) is 0.908. The molecule has 0 saturated heterocycles. The van der Waals surface area contributed by atoms with Crippen LogP contribution in [0.2, 0.25) is 5.02 Å². The molecule has 0 bridgehead atoms. The number of nitriles is 1. The van der Waals surface area contributed by atoms with Gasteiger partial charge in [0.1, 0.15) is 0 Å². The van der Waals surface area contributed by atoms with Crippen molar-refractivity contribution in [2.45, 2.75) is 19.8 Å². The first-order valence-corrected chi connectivity index (χ1v) is 7.27. The van der Waals surface area contributed by atoms with Crippen molar-refractivity contribution in [2.24, 2.45) is 16.8 Å². The van der Waals surface area contributed by atoms with Gasteiger partial charge in [0.15, 0.2) is 5.82 Å². The fourth-order valence-corrected chi connectivity index (χ4v) is 3.11. The Morgan fingerprint density at radius 2 is 2.05 bits per heavy atom. The summed E-state index contributed by atoms with van der Waals surface area (Å²) in [4.78, 5) is 4.60. The molecule has 1 aromatic heterocycles. The van der Waals surface area contributed by atoms with Crippen molar-refractivity contribution in [3.63, 3.8) is 0 Å². The van der Waals surface area contributed by atoms with Gasteiger partial charge in [0.05, 0.1) is 18.2 Å². The maximum absolute atomic E-state index is 9.69. The maximum Gasteiger partial charge on any atom is 0.151 e. The van der Waals surface area contributed by atoms with Crippen LogP contribution in [0, 0.1) is 23.2 Å². The van der Waals surface area contributed by atoms with Gasteiger partial charge in [0.2, 0.25) is 0 Å². The molecular formula is C16H15ClN4. The van der Waals surface area contributed by atoms with E-state index in [1.165, 1.54) is 0 Å². The van der Waals surface area contributed by atoms with Gasteiger partial charge in [0, 0.05) is 22.2 Å². The molecule has 3 rings (SSSR count). The third-order valence-corrected chi connectivity index (χ3v) is 4.19. The van der Waals surface area contributed by atoms with Crippen molar-refractivity contribution in [3.8, 4) is 6.07 Å². The average molecular weight is 299 g/mol. The lowest BCUT2D eigenvalue weighted by molar-refractivity contribution is 0.673. The highest BCUT2D eigenvalue weighted by Crippen LogP contribution is 2.44. The molecule has 0 amide bonds. The summed E-state index contributed by atoms with van der Waals surface area (Å²) in [7, 11) is 0. The lowest BCUT2D eigenvalue weighted by Crippen LogP contribution is -2.28. The molecule has 0 spiro atoms. The summed E-state index contributed by atoms with van der Waals surface area (Å²) in [6.07, 6.45) is 1.74. The number of aliphatic imine (C=N–C) groups is 1. The van der Waals surface area contributed by atoms with Gasteiger partial charge in [-0.2, -0.15) is 10.4 Å². The van der Waals surface area contributed by atoms with E-state index in [4.69, 9.17) is 11.6 Å². The molecule has 21 heavy (non-hydrogen) atoms.